The van der Waals surface area contributed by atoms with E-state index in [1.807, 2.05) is 0 Å². The molecule has 0 saturated carbocycles. The second-order valence-electron chi connectivity index (χ2n) is 6.11. The van der Waals surface area contributed by atoms with Crippen molar-refractivity contribution in [3.8, 4) is 11.5 Å². The minimum Gasteiger partial charge on any atom is -0.494 e. The Balaban J connectivity index is 1.85. The van der Waals surface area contributed by atoms with Gasteiger partial charge in [-0.1, -0.05) is 11.6 Å². The van der Waals surface area contributed by atoms with E-state index in [1.54, 1.807) is 11.0 Å². The Morgan fingerprint density at radius 3 is 2.52 bits per heavy atom. The number of hydrogen-bond donors (Lipinski definition) is 1. The average molecular weight is 447 g/mol. The summed E-state index contributed by atoms with van der Waals surface area (Å²) in [6.45, 7) is -2.52. The van der Waals surface area contributed by atoms with E-state index in [0.29, 0.717) is 24.4 Å². The first kappa shape index (κ1) is 21.1. The maximum absolute atomic E-state index is 12.6. The molecule has 0 spiro atoms. The molecule has 7 nitrogen and oxygen atoms in total. The monoisotopic (exact) mass is 446 g/mol. The molecule has 1 aliphatic rings. The van der Waals surface area contributed by atoms with Crippen molar-refractivity contribution >= 4 is 38.9 Å². The highest BCUT2D eigenvalue weighted by Gasteiger charge is 2.25. The van der Waals surface area contributed by atoms with Crippen LogP contribution in [-0.4, -0.2) is 34.6 Å². The zero-order valence-corrected chi connectivity index (χ0v) is 16.8. The van der Waals surface area contributed by atoms with E-state index in [0.717, 1.165) is 24.6 Å². The number of ether oxygens (including phenoxy) is 2. The Morgan fingerprint density at radius 1 is 1.17 bits per heavy atom. The number of methoxy groups -OCH3 is 1. The Labute approximate surface area is 171 Å². The number of nitrogens with zero attached hydrogens (tertiary/aromatic N) is 1. The van der Waals surface area contributed by atoms with Crippen molar-refractivity contribution in [1.29, 1.82) is 0 Å². The van der Waals surface area contributed by atoms with Crippen LogP contribution in [0.3, 0.4) is 0 Å². The predicted octanol–water partition coefficient (Wildman–Crippen LogP) is 3.88. The van der Waals surface area contributed by atoms with Crippen LogP contribution in [0.1, 0.15) is 12.8 Å². The second kappa shape index (κ2) is 8.42. The Morgan fingerprint density at radius 2 is 1.93 bits per heavy atom. The van der Waals surface area contributed by atoms with Crippen molar-refractivity contribution in [1.82, 2.24) is 0 Å². The number of benzene rings is 2. The molecule has 1 heterocycles. The van der Waals surface area contributed by atoms with Gasteiger partial charge in [-0.2, -0.15) is 8.78 Å². The third-order valence-electron chi connectivity index (χ3n) is 4.23. The van der Waals surface area contributed by atoms with E-state index < -0.39 is 16.6 Å². The maximum Gasteiger partial charge on any atom is 0.387 e. The average Bonchev–Trinajstić information content (AvgIpc) is 3.08. The van der Waals surface area contributed by atoms with Gasteiger partial charge in [-0.25, -0.2) is 8.42 Å². The zero-order valence-electron chi connectivity index (χ0n) is 15.2. The van der Waals surface area contributed by atoms with Gasteiger partial charge in [0.25, 0.3) is 10.0 Å². The van der Waals surface area contributed by atoms with Crippen molar-refractivity contribution in [3.63, 3.8) is 0 Å². The van der Waals surface area contributed by atoms with Crippen molar-refractivity contribution in [2.45, 2.75) is 24.3 Å². The fraction of sp³-hybridized carbons (Fsp3) is 0.278. The molecule has 0 aliphatic carbocycles. The molecule has 1 N–H and O–H groups in total. The largest absolute Gasteiger partial charge is 0.494 e. The summed E-state index contributed by atoms with van der Waals surface area (Å²) in [5.41, 5.74) is 0.746. The van der Waals surface area contributed by atoms with Gasteiger partial charge in [0, 0.05) is 19.0 Å². The van der Waals surface area contributed by atoms with E-state index >= 15 is 0 Å². The van der Waals surface area contributed by atoms with E-state index in [9.17, 15) is 22.0 Å². The molecule has 156 valence electrons. The van der Waals surface area contributed by atoms with Crippen LogP contribution >= 0.6 is 11.6 Å². The molecule has 0 aromatic heterocycles. The number of hydrogen-bond acceptors (Lipinski definition) is 5. The van der Waals surface area contributed by atoms with Crippen molar-refractivity contribution in [2.24, 2.45) is 0 Å². The van der Waals surface area contributed by atoms with Gasteiger partial charge in [-0.05, 0) is 36.8 Å². The lowest BCUT2D eigenvalue weighted by Gasteiger charge is -2.20. The Hall–Kier alpha value is -2.59. The number of carbonyl (C=O) groups excluding carboxylic acids is 1. The lowest BCUT2D eigenvalue weighted by atomic mass is 10.2. The van der Waals surface area contributed by atoms with Crippen molar-refractivity contribution < 1.29 is 31.5 Å². The summed E-state index contributed by atoms with van der Waals surface area (Å²) in [5.74, 6) is -0.0292. The van der Waals surface area contributed by atoms with Crippen LogP contribution < -0.4 is 19.1 Å². The molecule has 29 heavy (non-hydrogen) atoms. The molecule has 0 atom stereocenters. The number of anilines is 2. The van der Waals surface area contributed by atoms with Crippen LogP contribution in [0, 0.1) is 0 Å². The van der Waals surface area contributed by atoms with E-state index in [1.165, 1.54) is 19.2 Å². The predicted molar refractivity (Wildman–Crippen MR) is 103 cm³/mol. The van der Waals surface area contributed by atoms with E-state index in [-0.39, 0.29) is 27.3 Å². The topological polar surface area (TPSA) is 84.9 Å². The number of nitrogens with one attached hydrogen (secondary N) is 1. The number of carbonyl (C=O) groups is 1. The summed E-state index contributed by atoms with van der Waals surface area (Å²) in [6, 6.07) is 7.69. The minimum absolute atomic E-state index is 0.0302. The van der Waals surface area contributed by atoms with Crippen LogP contribution in [0.5, 0.6) is 11.5 Å². The number of amides is 1. The summed E-state index contributed by atoms with van der Waals surface area (Å²) in [5, 5.41) is -0.270. The first-order chi connectivity index (χ1) is 13.7. The lowest BCUT2D eigenvalue weighted by molar-refractivity contribution is -0.117. The van der Waals surface area contributed by atoms with Crippen LogP contribution in [-0.2, 0) is 14.8 Å². The molecule has 3 rings (SSSR count). The van der Waals surface area contributed by atoms with E-state index in [4.69, 9.17) is 16.3 Å². The molecule has 11 heteroatoms. The van der Waals surface area contributed by atoms with Gasteiger partial charge in [0.05, 0.1) is 28.4 Å². The van der Waals surface area contributed by atoms with Gasteiger partial charge in [0.1, 0.15) is 11.5 Å². The molecule has 0 bridgehead atoms. The molecular weight excluding hydrogens is 430 g/mol. The van der Waals surface area contributed by atoms with E-state index in [2.05, 4.69) is 9.46 Å². The maximum atomic E-state index is 12.6. The van der Waals surface area contributed by atoms with Crippen LogP contribution in [0.15, 0.2) is 41.3 Å². The van der Waals surface area contributed by atoms with Gasteiger partial charge in [-0.15, -0.1) is 0 Å². The SMILES string of the molecule is COc1cc(NS(=O)(=O)c2ccc(OC(F)F)c(Cl)c2)ccc1N1CCCC1=O. The Kier molecular flexibility index (Phi) is 6.13. The fourth-order valence-electron chi connectivity index (χ4n) is 2.92. The summed E-state index contributed by atoms with van der Waals surface area (Å²) >= 11 is 5.83. The molecule has 0 unspecified atom stereocenters. The first-order valence-corrected chi connectivity index (χ1v) is 10.3. The summed E-state index contributed by atoms with van der Waals surface area (Å²) < 4.78 is 61.7. The minimum atomic E-state index is -4.06. The third-order valence-corrected chi connectivity index (χ3v) is 5.90. The Bertz CT molecular complexity index is 1030. The summed E-state index contributed by atoms with van der Waals surface area (Å²) in [6.07, 6.45) is 1.19. The summed E-state index contributed by atoms with van der Waals surface area (Å²) in [7, 11) is -2.65. The highest BCUT2D eigenvalue weighted by atomic mass is 35.5. The number of alkyl halides is 2. The normalized spacial score (nSPS) is 14.4. The number of halogens is 3. The highest BCUT2D eigenvalue weighted by molar-refractivity contribution is 7.92. The standard InChI is InChI=1S/C18H17ClF2N2O5S/c1-27-16-9-11(4-6-14(16)23-8-2-3-17(23)24)22-29(25,26)12-5-7-15(13(19)10-12)28-18(20)21/h4-7,9-10,18,22H,2-3,8H2,1H3. The van der Waals surface area contributed by atoms with Crippen molar-refractivity contribution in [2.75, 3.05) is 23.3 Å². The fourth-order valence-corrected chi connectivity index (χ4v) is 4.29. The molecule has 0 radical (unpaired) electrons. The molecule has 2 aromatic rings. The molecular formula is C18H17ClF2N2O5S. The van der Waals surface area contributed by atoms with Crippen LogP contribution in [0.4, 0.5) is 20.2 Å². The van der Waals surface area contributed by atoms with Gasteiger partial charge in [0.2, 0.25) is 5.91 Å². The quantitative estimate of drug-likeness (QED) is 0.697. The van der Waals surface area contributed by atoms with Crippen LogP contribution in [0.25, 0.3) is 0 Å². The molecule has 1 saturated heterocycles. The van der Waals surface area contributed by atoms with Crippen molar-refractivity contribution in [3.05, 3.63) is 41.4 Å². The molecule has 1 amide bonds. The van der Waals surface area contributed by atoms with Crippen LogP contribution in [0.2, 0.25) is 5.02 Å². The van der Waals surface area contributed by atoms with Gasteiger partial charge >= 0.3 is 6.61 Å². The van der Waals surface area contributed by atoms with Gasteiger partial charge in [0.15, 0.2) is 0 Å². The van der Waals surface area contributed by atoms with Gasteiger partial charge in [-0.3, -0.25) is 9.52 Å². The molecule has 1 aliphatic heterocycles. The second-order valence-corrected chi connectivity index (χ2v) is 8.20. The highest BCUT2D eigenvalue weighted by Crippen LogP contribution is 2.35. The lowest BCUT2D eigenvalue weighted by Crippen LogP contribution is -2.24. The molecule has 2 aromatic carbocycles. The summed E-state index contributed by atoms with van der Waals surface area (Å²) in [4.78, 5) is 13.3. The molecule has 1 fully saturated rings. The number of rotatable bonds is 7. The first-order valence-electron chi connectivity index (χ1n) is 8.47. The number of sulfonamides is 1. The zero-order chi connectivity index (χ0) is 21.2. The van der Waals surface area contributed by atoms with Gasteiger partial charge < -0.3 is 14.4 Å². The smallest absolute Gasteiger partial charge is 0.387 e. The third kappa shape index (κ3) is 4.70.